The maximum absolute atomic E-state index is 12.0. The van der Waals surface area contributed by atoms with E-state index in [1.54, 1.807) is 24.5 Å². The van der Waals surface area contributed by atoms with Gasteiger partial charge in [0.25, 0.3) is 0 Å². The Bertz CT molecular complexity index is 1400. The highest BCUT2D eigenvalue weighted by atomic mass is 35.5. The van der Waals surface area contributed by atoms with Crippen LogP contribution in [0.3, 0.4) is 0 Å². The van der Waals surface area contributed by atoms with Crippen molar-refractivity contribution in [2.75, 3.05) is 23.9 Å². The lowest BCUT2D eigenvalue weighted by atomic mass is 10.0. The van der Waals surface area contributed by atoms with E-state index in [4.69, 9.17) is 28.6 Å². The fourth-order valence-electron chi connectivity index (χ4n) is 4.53. The Morgan fingerprint density at radius 2 is 2.05 bits per heavy atom. The minimum absolute atomic E-state index is 0.0556. The molecule has 1 saturated heterocycles. The molecule has 0 spiro atoms. The van der Waals surface area contributed by atoms with Crippen LogP contribution in [0.1, 0.15) is 29.0 Å². The molecule has 0 unspecified atom stereocenters. The predicted octanol–water partition coefficient (Wildman–Crippen LogP) is 4.74. The number of amides is 1. The SMILES string of the molecule is COCC(=O)Nc1ccc(N2C(=S)N[C@@H](c3ccccn3)[C@H]2c2cccn2Cc2cccnc2)cc1Cl. The zero-order valence-corrected chi connectivity index (χ0v) is 21.6. The molecule has 2 N–H and O–H groups in total. The van der Waals surface area contributed by atoms with E-state index in [-0.39, 0.29) is 24.6 Å². The molecule has 188 valence electrons. The molecular formula is C27H25ClN6O2S. The van der Waals surface area contributed by atoms with Gasteiger partial charge in [-0.05, 0) is 66.3 Å². The number of ether oxygens (including phenoxy) is 1. The Labute approximate surface area is 225 Å². The molecule has 1 aromatic carbocycles. The van der Waals surface area contributed by atoms with Crippen LogP contribution in [0.15, 0.2) is 85.5 Å². The quantitative estimate of drug-likeness (QED) is 0.317. The van der Waals surface area contributed by atoms with Crippen LogP contribution in [-0.4, -0.2) is 39.3 Å². The third-order valence-corrected chi connectivity index (χ3v) is 6.75. The van der Waals surface area contributed by atoms with E-state index >= 15 is 0 Å². The highest BCUT2D eigenvalue weighted by molar-refractivity contribution is 7.80. The van der Waals surface area contributed by atoms with Crippen molar-refractivity contribution >= 4 is 46.2 Å². The number of hydrogen-bond acceptors (Lipinski definition) is 5. The van der Waals surface area contributed by atoms with Gasteiger partial charge in [0.05, 0.1) is 22.4 Å². The zero-order chi connectivity index (χ0) is 25.8. The summed E-state index contributed by atoms with van der Waals surface area (Å²) < 4.78 is 7.09. The van der Waals surface area contributed by atoms with Gasteiger partial charge in [0, 0.05) is 49.8 Å². The van der Waals surface area contributed by atoms with Gasteiger partial charge in [-0.3, -0.25) is 14.8 Å². The van der Waals surface area contributed by atoms with Crippen molar-refractivity contribution in [3.63, 3.8) is 0 Å². The number of nitrogens with one attached hydrogen (secondary N) is 2. The second kappa shape index (κ2) is 11.1. The number of anilines is 2. The number of pyridine rings is 2. The molecule has 1 aliphatic heterocycles. The summed E-state index contributed by atoms with van der Waals surface area (Å²) in [6.07, 6.45) is 7.47. The van der Waals surface area contributed by atoms with Crippen LogP contribution in [0, 0.1) is 0 Å². The molecule has 2 atom stereocenters. The van der Waals surface area contributed by atoms with Crippen molar-refractivity contribution in [2.24, 2.45) is 0 Å². The van der Waals surface area contributed by atoms with E-state index < -0.39 is 0 Å². The van der Waals surface area contributed by atoms with Crippen LogP contribution in [0.25, 0.3) is 0 Å². The summed E-state index contributed by atoms with van der Waals surface area (Å²) in [7, 11) is 1.47. The third kappa shape index (κ3) is 5.34. The van der Waals surface area contributed by atoms with E-state index in [1.807, 2.05) is 42.6 Å². The number of nitrogens with zero attached hydrogens (tertiary/aromatic N) is 4. The highest BCUT2D eigenvalue weighted by Crippen LogP contribution is 2.43. The first-order valence-corrected chi connectivity index (χ1v) is 12.5. The van der Waals surface area contributed by atoms with Gasteiger partial charge in [0.15, 0.2) is 5.11 Å². The minimum atomic E-state index is -0.281. The van der Waals surface area contributed by atoms with E-state index in [0.29, 0.717) is 22.4 Å². The Morgan fingerprint density at radius 3 is 2.78 bits per heavy atom. The Kier molecular flexibility index (Phi) is 7.45. The van der Waals surface area contributed by atoms with Gasteiger partial charge in [-0.25, -0.2) is 0 Å². The first kappa shape index (κ1) is 24.9. The molecule has 4 heterocycles. The van der Waals surface area contributed by atoms with Crippen molar-refractivity contribution in [2.45, 2.75) is 18.6 Å². The Balaban J connectivity index is 1.54. The second-order valence-electron chi connectivity index (χ2n) is 8.56. The molecule has 0 aliphatic carbocycles. The summed E-state index contributed by atoms with van der Waals surface area (Å²) >= 11 is 12.4. The molecule has 1 fully saturated rings. The van der Waals surface area contributed by atoms with Gasteiger partial charge in [-0.2, -0.15) is 0 Å². The molecule has 0 bridgehead atoms. The topological polar surface area (TPSA) is 84.3 Å². The van der Waals surface area contributed by atoms with Gasteiger partial charge in [-0.15, -0.1) is 0 Å². The molecule has 3 aromatic heterocycles. The number of benzene rings is 1. The summed E-state index contributed by atoms with van der Waals surface area (Å²) in [5, 5.41) is 7.19. The Morgan fingerprint density at radius 1 is 1.16 bits per heavy atom. The number of thiocarbonyl (C=S) groups is 1. The number of carbonyl (C=O) groups is 1. The monoisotopic (exact) mass is 532 g/mol. The number of carbonyl (C=O) groups excluding carboxylic acids is 1. The molecule has 4 aromatic rings. The molecule has 1 amide bonds. The average molecular weight is 533 g/mol. The lowest BCUT2D eigenvalue weighted by Crippen LogP contribution is -2.30. The van der Waals surface area contributed by atoms with Crippen LogP contribution < -0.4 is 15.5 Å². The highest BCUT2D eigenvalue weighted by Gasteiger charge is 2.42. The molecule has 0 radical (unpaired) electrons. The average Bonchev–Trinajstić information content (AvgIpc) is 3.50. The molecule has 10 heteroatoms. The molecule has 1 aliphatic rings. The van der Waals surface area contributed by atoms with Crippen molar-refractivity contribution in [3.8, 4) is 0 Å². The number of rotatable bonds is 8. The minimum Gasteiger partial charge on any atom is -0.375 e. The van der Waals surface area contributed by atoms with Crippen LogP contribution >= 0.6 is 23.8 Å². The Hall–Kier alpha value is -3.79. The molecule has 8 nitrogen and oxygen atoms in total. The molecule has 37 heavy (non-hydrogen) atoms. The lowest BCUT2D eigenvalue weighted by molar-refractivity contribution is -0.119. The lowest BCUT2D eigenvalue weighted by Gasteiger charge is -2.29. The smallest absolute Gasteiger partial charge is 0.250 e. The predicted molar refractivity (Wildman–Crippen MR) is 148 cm³/mol. The van der Waals surface area contributed by atoms with Crippen LogP contribution in [0.2, 0.25) is 5.02 Å². The number of hydrogen-bond donors (Lipinski definition) is 2. The van der Waals surface area contributed by atoms with Gasteiger partial charge < -0.3 is 24.8 Å². The molecule has 0 saturated carbocycles. The largest absolute Gasteiger partial charge is 0.375 e. The fraction of sp³-hybridized carbons (Fsp3) is 0.185. The van der Waals surface area contributed by atoms with Gasteiger partial charge in [-0.1, -0.05) is 23.7 Å². The van der Waals surface area contributed by atoms with E-state index in [9.17, 15) is 4.79 Å². The second-order valence-corrected chi connectivity index (χ2v) is 9.36. The summed E-state index contributed by atoms with van der Waals surface area (Å²) in [5.41, 5.74) is 4.32. The summed E-state index contributed by atoms with van der Waals surface area (Å²) in [5.74, 6) is -0.281. The van der Waals surface area contributed by atoms with Crippen LogP contribution in [0.4, 0.5) is 11.4 Å². The summed E-state index contributed by atoms with van der Waals surface area (Å²) in [4.78, 5) is 22.9. The van der Waals surface area contributed by atoms with Crippen molar-refractivity contribution in [1.82, 2.24) is 19.9 Å². The summed E-state index contributed by atoms with van der Waals surface area (Å²) in [6, 6.07) is 19.0. The zero-order valence-electron chi connectivity index (χ0n) is 20.0. The number of halogens is 1. The first-order chi connectivity index (χ1) is 18.0. The van der Waals surface area contributed by atoms with Crippen LogP contribution in [-0.2, 0) is 16.1 Å². The van der Waals surface area contributed by atoms with Gasteiger partial charge >= 0.3 is 0 Å². The first-order valence-electron chi connectivity index (χ1n) is 11.7. The van der Waals surface area contributed by atoms with Gasteiger partial charge in [0.1, 0.15) is 12.6 Å². The fourth-order valence-corrected chi connectivity index (χ4v) is 5.10. The normalized spacial score (nSPS) is 17.0. The summed E-state index contributed by atoms with van der Waals surface area (Å²) in [6.45, 7) is 0.605. The van der Waals surface area contributed by atoms with Crippen molar-refractivity contribution in [3.05, 3.63) is 107 Å². The third-order valence-electron chi connectivity index (χ3n) is 6.12. The molecule has 5 rings (SSSR count). The van der Waals surface area contributed by atoms with Crippen LogP contribution in [0.5, 0.6) is 0 Å². The van der Waals surface area contributed by atoms with Crippen molar-refractivity contribution in [1.29, 1.82) is 0 Å². The molecular weight excluding hydrogens is 508 g/mol. The standard InChI is InChI=1S/C27H25ClN6O2S/c1-36-17-24(35)31-21-10-9-19(14-20(21)28)34-26(25(32-27(34)37)22-7-2-3-12-30-22)23-8-5-13-33(23)16-18-6-4-11-29-15-18/h2-15,25-26H,16-17H2,1H3,(H,31,35)(H,32,37)/t25-,26+/m0/s1. The number of methoxy groups -OCH3 is 1. The number of aromatic nitrogens is 3. The van der Waals surface area contributed by atoms with Gasteiger partial charge in [0.2, 0.25) is 5.91 Å². The maximum Gasteiger partial charge on any atom is 0.250 e. The van der Waals surface area contributed by atoms with Crippen molar-refractivity contribution < 1.29 is 9.53 Å². The van der Waals surface area contributed by atoms with E-state index in [2.05, 4.69) is 48.4 Å². The van der Waals surface area contributed by atoms with E-state index in [1.165, 1.54) is 7.11 Å². The van der Waals surface area contributed by atoms with E-state index in [0.717, 1.165) is 22.6 Å². The maximum atomic E-state index is 12.0.